The summed E-state index contributed by atoms with van der Waals surface area (Å²) in [7, 11) is 0. The van der Waals surface area contributed by atoms with E-state index in [0.717, 1.165) is 10.6 Å². The van der Waals surface area contributed by atoms with Crippen molar-refractivity contribution < 1.29 is 19.3 Å². The predicted octanol–water partition coefficient (Wildman–Crippen LogP) is 3.35. The molecule has 3 rings (SSSR count). The normalized spacial score (nSPS) is 12.7. The Labute approximate surface area is 137 Å². The smallest absolute Gasteiger partial charge is 0.202 e. The fourth-order valence-electron chi connectivity index (χ4n) is 2.62. The zero-order valence-electron chi connectivity index (χ0n) is 12.0. The number of allylic oxidation sites excluding steroid dienone is 2. The van der Waals surface area contributed by atoms with Gasteiger partial charge in [0.15, 0.2) is 0 Å². The SMILES string of the molecule is C#CCOc1cc(-n2c(O)c3c(c2O)CC=CC3)c(F)cc1Cl. The van der Waals surface area contributed by atoms with Crippen molar-refractivity contribution in [3.8, 4) is 35.5 Å². The molecule has 0 bridgehead atoms. The first-order valence-corrected chi connectivity index (χ1v) is 7.27. The monoisotopic (exact) mass is 333 g/mol. The minimum absolute atomic E-state index is 0.0329. The lowest BCUT2D eigenvalue weighted by molar-refractivity contribution is 0.368. The minimum Gasteiger partial charge on any atom is -0.494 e. The van der Waals surface area contributed by atoms with Gasteiger partial charge in [-0.15, -0.1) is 6.42 Å². The summed E-state index contributed by atoms with van der Waals surface area (Å²) >= 11 is 5.93. The number of ether oxygens (including phenoxy) is 1. The van der Waals surface area contributed by atoms with Crippen LogP contribution in [-0.2, 0) is 12.8 Å². The highest BCUT2D eigenvalue weighted by molar-refractivity contribution is 6.32. The fraction of sp³-hybridized carbons (Fsp3) is 0.176. The van der Waals surface area contributed by atoms with Gasteiger partial charge in [0.1, 0.15) is 18.2 Å². The number of rotatable bonds is 3. The highest BCUT2D eigenvalue weighted by Gasteiger charge is 2.25. The summed E-state index contributed by atoms with van der Waals surface area (Å²) in [6, 6.07) is 2.35. The van der Waals surface area contributed by atoms with E-state index in [4.69, 9.17) is 22.8 Å². The molecule has 0 spiro atoms. The van der Waals surface area contributed by atoms with Gasteiger partial charge in [-0.1, -0.05) is 29.7 Å². The number of terminal acetylenes is 1. The number of halogens is 2. The molecule has 1 aromatic carbocycles. The Morgan fingerprint density at radius 2 is 1.83 bits per heavy atom. The number of fused-ring (bicyclic) bond motifs is 1. The van der Waals surface area contributed by atoms with Crippen LogP contribution in [0.4, 0.5) is 4.39 Å². The van der Waals surface area contributed by atoms with Crippen molar-refractivity contribution in [2.45, 2.75) is 12.8 Å². The van der Waals surface area contributed by atoms with Gasteiger partial charge in [-0.3, -0.25) is 0 Å². The van der Waals surface area contributed by atoms with Crippen molar-refractivity contribution in [3.63, 3.8) is 0 Å². The predicted molar refractivity (Wildman–Crippen MR) is 84.9 cm³/mol. The molecule has 6 heteroatoms. The summed E-state index contributed by atoms with van der Waals surface area (Å²) in [5, 5.41) is 20.8. The number of nitrogens with zero attached hydrogens (tertiary/aromatic N) is 1. The Hall–Kier alpha value is -2.58. The van der Waals surface area contributed by atoms with E-state index in [1.165, 1.54) is 6.07 Å². The van der Waals surface area contributed by atoms with Crippen LogP contribution in [0.15, 0.2) is 24.3 Å². The molecule has 0 radical (unpaired) electrons. The van der Waals surface area contributed by atoms with E-state index >= 15 is 0 Å². The minimum atomic E-state index is -0.700. The van der Waals surface area contributed by atoms with Gasteiger partial charge in [0.2, 0.25) is 11.8 Å². The third-order valence-electron chi connectivity index (χ3n) is 3.69. The number of aromatic nitrogens is 1. The first-order chi connectivity index (χ1) is 11.0. The lowest BCUT2D eigenvalue weighted by atomic mass is 10.0. The molecular weight excluding hydrogens is 321 g/mol. The number of hydrogen-bond acceptors (Lipinski definition) is 3. The molecule has 0 amide bonds. The second kappa shape index (κ2) is 5.90. The van der Waals surface area contributed by atoms with Gasteiger partial charge in [-0.05, 0) is 18.9 Å². The number of aromatic hydroxyl groups is 2. The molecule has 0 aliphatic heterocycles. The van der Waals surface area contributed by atoms with Crippen LogP contribution in [0.3, 0.4) is 0 Å². The fourth-order valence-corrected chi connectivity index (χ4v) is 2.82. The van der Waals surface area contributed by atoms with Gasteiger partial charge in [0.25, 0.3) is 0 Å². The van der Waals surface area contributed by atoms with Crippen molar-refractivity contribution >= 4 is 11.6 Å². The molecule has 0 atom stereocenters. The average molecular weight is 334 g/mol. The molecule has 2 N–H and O–H groups in total. The maximum atomic E-state index is 14.3. The first-order valence-electron chi connectivity index (χ1n) is 6.89. The molecule has 23 heavy (non-hydrogen) atoms. The molecule has 1 aliphatic rings. The second-order valence-electron chi connectivity index (χ2n) is 5.05. The van der Waals surface area contributed by atoms with Crippen molar-refractivity contribution in [3.05, 3.63) is 46.3 Å². The van der Waals surface area contributed by atoms with Crippen molar-refractivity contribution in [2.24, 2.45) is 0 Å². The van der Waals surface area contributed by atoms with Gasteiger partial charge in [0.05, 0.1) is 10.7 Å². The third kappa shape index (κ3) is 2.51. The zero-order valence-corrected chi connectivity index (χ0v) is 12.8. The maximum absolute atomic E-state index is 14.3. The highest BCUT2D eigenvalue weighted by atomic mass is 35.5. The molecule has 118 valence electrons. The molecular formula is C17H13ClFNO3. The molecule has 0 saturated carbocycles. The van der Waals surface area contributed by atoms with Crippen LogP contribution < -0.4 is 4.74 Å². The number of benzene rings is 1. The van der Waals surface area contributed by atoms with Gasteiger partial charge >= 0.3 is 0 Å². The van der Waals surface area contributed by atoms with Gasteiger partial charge in [-0.25, -0.2) is 8.96 Å². The van der Waals surface area contributed by atoms with E-state index in [2.05, 4.69) is 5.92 Å². The van der Waals surface area contributed by atoms with Gasteiger partial charge in [-0.2, -0.15) is 0 Å². The lowest BCUT2D eigenvalue weighted by Crippen LogP contribution is -2.01. The van der Waals surface area contributed by atoms with E-state index in [1.807, 2.05) is 12.2 Å². The maximum Gasteiger partial charge on any atom is 0.202 e. The zero-order chi connectivity index (χ0) is 16.6. The average Bonchev–Trinajstić information content (AvgIpc) is 2.79. The Bertz CT molecular complexity index is 817. The largest absolute Gasteiger partial charge is 0.494 e. The Balaban J connectivity index is 2.16. The molecule has 1 aromatic heterocycles. The molecule has 1 heterocycles. The molecule has 0 saturated heterocycles. The van der Waals surface area contributed by atoms with E-state index in [0.29, 0.717) is 24.0 Å². The van der Waals surface area contributed by atoms with Crippen molar-refractivity contribution in [1.29, 1.82) is 0 Å². The van der Waals surface area contributed by atoms with E-state index in [9.17, 15) is 14.6 Å². The van der Waals surface area contributed by atoms with Crippen LogP contribution in [0.2, 0.25) is 5.02 Å². The summed E-state index contributed by atoms with van der Waals surface area (Å²) in [4.78, 5) is 0. The van der Waals surface area contributed by atoms with Gasteiger partial charge < -0.3 is 14.9 Å². The molecule has 1 aliphatic carbocycles. The number of hydrogen-bond donors (Lipinski definition) is 2. The molecule has 2 aromatic rings. The summed E-state index contributed by atoms with van der Waals surface area (Å²) in [5.74, 6) is 1.36. The van der Waals surface area contributed by atoms with Crippen molar-refractivity contribution in [1.82, 2.24) is 4.57 Å². The quantitative estimate of drug-likeness (QED) is 0.669. The highest BCUT2D eigenvalue weighted by Crippen LogP contribution is 2.41. The lowest BCUT2D eigenvalue weighted by Gasteiger charge is -2.12. The standard InChI is InChI=1S/C17H13ClFNO3/c1-2-7-23-15-9-14(13(19)8-12(15)18)20-16(21)10-5-3-4-6-11(10)17(20)22/h1,3-4,8-9,21-22H,5-7H2. The van der Waals surface area contributed by atoms with E-state index in [-0.39, 0.29) is 34.8 Å². The second-order valence-corrected chi connectivity index (χ2v) is 5.45. The van der Waals surface area contributed by atoms with Crippen LogP contribution in [0.25, 0.3) is 5.69 Å². The van der Waals surface area contributed by atoms with Gasteiger partial charge in [0, 0.05) is 17.2 Å². The Kier molecular flexibility index (Phi) is 3.93. The third-order valence-corrected chi connectivity index (χ3v) is 3.99. The first kappa shape index (κ1) is 15.3. The molecule has 0 unspecified atom stereocenters. The summed E-state index contributed by atoms with van der Waals surface area (Å²) in [5.41, 5.74) is 1.08. The Morgan fingerprint density at radius 3 is 2.39 bits per heavy atom. The van der Waals surface area contributed by atoms with E-state index < -0.39 is 5.82 Å². The van der Waals surface area contributed by atoms with Crippen LogP contribution in [0.1, 0.15) is 11.1 Å². The van der Waals surface area contributed by atoms with Crippen LogP contribution in [0.5, 0.6) is 17.5 Å². The van der Waals surface area contributed by atoms with Crippen molar-refractivity contribution in [2.75, 3.05) is 6.61 Å². The van der Waals surface area contributed by atoms with Crippen LogP contribution >= 0.6 is 11.6 Å². The Morgan fingerprint density at radius 1 is 1.22 bits per heavy atom. The summed E-state index contributed by atoms with van der Waals surface area (Å²) < 4.78 is 20.6. The topological polar surface area (TPSA) is 54.6 Å². The van der Waals surface area contributed by atoms with Crippen LogP contribution in [-0.4, -0.2) is 21.4 Å². The van der Waals surface area contributed by atoms with E-state index in [1.54, 1.807) is 0 Å². The molecule has 4 nitrogen and oxygen atoms in total. The van der Waals surface area contributed by atoms with Crippen LogP contribution in [0, 0.1) is 18.2 Å². The summed E-state index contributed by atoms with van der Waals surface area (Å²) in [6.07, 6.45) is 9.84. The molecule has 0 fully saturated rings. The summed E-state index contributed by atoms with van der Waals surface area (Å²) in [6.45, 7) is -0.0329.